The van der Waals surface area contributed by atoms with Gasteiger partial charge in [-0.1, -0.05) is 29.8 Å². The molecule has 9 heteroatoms. The van der Waals surface area contributed by atoms with E-state index < -0.39 is 0 Å². The molecule has 162 valence electrons. The van der Waals surface area contributed by atoms with Crippen molar-refractivity contribution >= 4 is 42.1 Å². The number of hydrogen-bond donors (Lipinski definition) is 1. The van der Waals surface area contributed by atoms with Gasteiger partial charge in [0.1, 0.15) is 11.9 Å². The van der Waals surface area contributed by atoms with Gasteiger partial charge in [-0.25, -0.2) is 9.97 Å². The zero-order valence-corrected chi connectivity index (χ0v) is 19.7. The first-order chi connectivity index (χ1) is 13.5. The largest absolute Gasteiger partial charge is 0.336 e. The van der Waals surface area contributed by atoms with E-state index in [9.17, 15) is 4.79 Å². The molecular weight excluding hydrogens is 441 g/mol. The number of benzene rings is 1. The minimum Gasteiger partial charge on any atom is -0.336 e. The van der Waals surface area contributed by atoms with Crippen molar-refractivity contribution in [1.29, 1.82) is 0 Å². The van der Waals surface area contributed by atoms with Crippen LogP contribution in [0.15, 0.2) is 36.7 Å². The summed E-state index contributed by atoms with van der Waals surface area (Å²) in [7, 11) is 1.97. The van der Waals surface area contributed by atoms with Crippen LogP contribution < -0.4 is 5.32 Å². The van der Waals surface area contributed by atoms with Crippen LogP contribution in [-0.2, 0) is 18.3 Å². The van der Waals surface area contributed by atoms with E-state index in [0.29, 0.717) is 13.0 Å². The van der Waals surface area contributed by atoms with Crippen LogP contribution in [0.5, 0.6) is 0 Å². The summed E-state index contributed by atoms with van der Waals surface area (Å²) in [5, 5.41) is 4.37. The number of aryl methyl sites for hydroxylation is 3. The van der Waals surface area contributed by atoms with Crippen LogP contribution in [0.25, 0.3) is 11.3 Å². The average Bonchev–Trinajstić information content (AvgIpc) is 3.27. The molecule has 4 rings (SSSR count). The van der Waals surface area contributed by atoms with E-state index >= 15 is 0 Å². The highest BCUT2D eigenvalue weighted by molar-refractivity contribution is 7.12. The van der Waals surface area contributed by atoms with Crippen molar-refractivity contribution in [2.45, 2.75) is 26.3 Å². The summed E-state index contributed by atoms with van der Waals surface area (Å²) >= 11 is 1.61. The average molecular weight is 468 g/mol. The van der Waals surface area contributed by atoms with E-state index in [-0.39, 0.29) is 36.8 Å². The second-order valence-electron chi connectivity index (χ2n) is 7.25. The lowest BCUT2D eigenvalue weighted by Gasteiger charge is -2.35. The molecule has 1 N–H and O–H groups in total. The molecule has 0 saturated carbocycles. The number of carbonyl (C=O) groups is 1. The van der Waals surface area contributed by atoms with Gasteiger partial charge in [0.05, 0.1) is 17.1 Å². The Morgan fingerprint density at radius 2 is 1.97 bits per heavy atom. The van der Waals surface area contributed by atoms with Gasteiger partial charge in [0, 0.05) is 49.5 Å². The Kier molecular flexibility index (Phi) is 8.43. The summed E-state index contributed by atoms with van der Waals surface area (Å²) in [6.45, 7) is 6.29. The number of carbonyl (C=O) groups excluding carboxylic acids is 1. The summed E-state index contributed by atoms with van der Waals surface area (Å²) < 4.78 is 1.99. The smallest absolute Gasteiger partial charge is 0.228 e. The standard InChI is InChI=1S/C21H25N5OS.2ClH/c1-14-4-6-16(7-5-14)20-18(28-15(2)24-20)12-19(27)26-11-8-22-13-17(26)21-23-9-10-25(21)3;;/h4-7,9-10,17,22H,8,11-13H2,1-3H3;2*1H. The van der Waals surface area contributed by atoms with Crippen molar-refractivity contribution in [3.63, 3.8) is 0 Å². The molecule has 1 aliphatic rings. The third kappa shape index (κ3) is 5.03. The van der Waals surface area contributed by atoms with Crippen molar-refractivity contribution in [3.8, 4) is 11.3 Å². The molecule has 6 nitrogen and oxygen atoms in total. The van der Waals surface area contributed by atoms with Gasteiger partial charge >= 0.3 is 0 Å². The van der Waals surface area contributed by atoms with Gasteiger partial charge in [-0.3, -0.25) is 4.79 Å². The second kappa shape index (κ2) is 10.4. The predicted octanol–water partition coefficient (Wildman–Crippen LogP) is 3.72. The molecule has 3 heterocycles. The molecule has 1 saturated heterocycles. The molecule has 0 aliphatic carbocycles. The maximum absolute atomic E-state index is 13.3. The normalized spacial score (nSPS) is 16.0. The lowest BCUT2D eigenvalue weighted by molar-refractivity contribution is -0.134. The predicted molar refractivity (Wildman–Crippen MR) is 126 cm³/mol. The van der Waals surface area contributed by atoms with E-state index in [2.05, 4.69) is 41.5 Å². The molecule has 0 spiro atoms. The quantitative estimate of drug-likeness (QED) is 0.634. The third-order valence-electron chi connectivity index (χ3n) is 5.16. The summed E-state index contributed by atoms with van der Waals surface area (Å²) in [4.78, 5) is 25.5. The fraction of sp³-hybridized carbons (Fsp3) is 0.381. The number of amides is 1. The molecule has 1 aliphatic heterocycles. The van der Waals surface area contributed by atoms with Gasteiger partial charge in [-0.15, -0.1) is 36.2 Å². The van der Waals surface area contributed by atoms with Crippen molar-refractivity contribution in [1.82, 2.24) is 24.8 Å². The number of piperazine rings is 1. The first kappa shape index (κ1) is 24.3. The molecular formula is C21H27Cl2N5OS. The topological polar surface area (TPSA) is 63.1 Å². The molecule has 1 fully saturated rings. The number of thiazole rings is 1. The van der Waals surface area contributed by atoms with Crippen molar-refractivity contribution in [2.75, 3.05) is 19.6 Å². The summed E-state index contributed by atoms with van der Waals surface area (Å²) in [5.74, 6) is 1.05. The Hall–Kier alpha value is -1.93. The van der Waals surface area contributed by atoms with Crippen molar-refractivity contribution in [3.05, 3.63) is 57.9 Å². The molecule has 1 amide bonds. The van der Waals surface area contributed by atoms with Crippen LogP contribution in [0.4, 0.5) is 0 Å². The maximum Gasteiger partial charge on any atom is 0.228 e. The number of halogens is 2. The van der Waals surface area contributed by atoms with Crippen LogP contribution in [0.3, 0.4) is 0 Å². The van der Waals surface area contributed by atoms with Crippen molar-refractivity contribution in [2.24, 2.45) is 7.05 Å². The summed E-state index contributed by atoms with van der Waals surface area (Å²) in [5.41, 5.74) is 3.21. The monoisotopic (exact) mass is 467 g/mol. The van der Waals surface area contributed by atoms with E-state index in [1.54, 1.807) is 17.5 Å². The molecule has 0 bridgehead atoms. The highest BCUT2D eigenvalue weighted by Crippen LogP contribution is 2.30. The van der Waals surface area contributed by atoms with E-state index in [0.717, 1.165) is 40.1 Å². The second-order valence-corrected chi connectivity index (χ2v) is 8.54. The van der Waals surface area contributed by atoms with E-state index in [4.69, 9.17) is 4.98 Å². The lowest BCUT2D eigenvalue weighted by Crippen LogP contribution is -2.49. The lowest BCUT2D eigenvalue weighted by atomic mass is 10.1. The van der Waals surface area contributed by atoms with Gasteiger partial charge in [0.15, 0.2) is 0 Å². The first-order valence-electron chi connectivity index (χ1n) is 9.53. The Bertz CT molecular complexity index is 986. The number of hydrogen-bond acceptors (Lipinski definition) is 5. The molecule has 30 heavy (non-hydrogen) atoms. The first-order valence-corrected chi connectivity index (χ1v) is 10.4. The minimum atomic E-state index is -0.0434. The minimum absolute atomic E-state index is 0. The fourth-order valence-corrected chi connectivity index (χ4v) is 4.65. The summed E-state index contributed by atoms with van der Waals surface area (Å²) in [6.07, 6.45) is 4.08. The van der Waals surface area contributed by atoms with E-state index in [1.807, 2.05) is 29.6 Å². The third-order valence-corrected chi connectivity index (χ3v) is 6.13. The van der Waals surface area contributed by atoms with E-state index in [1.165, 1.54) is 5.56 Å². The Balaban J connectivity index is 0.00000160. The summed E-state index contributed by atoms with van der Waals surface area (Å²) in [6, 6.07) is 8.29. The maximum atomic E-state index is 13.3. The van der Waals surface area contributed by atoms with Gasteiger partial charge in [-0.2, -0.15) is 0 Å². The Morgan fingerprint density at radius 3 is 2.63 bits per heavy atom. The van der Waals surface area contributed by atoms with Crippen LogP contribution in [0.2, 0.25) is 0 Å². The number of imidazole rings is 1. The Labute approximate surface area is 193 Å². The van der Waals surface area contributed by atoms with Crippen LogP contribution in [0.1, 0.15) is 27.3 Å². The molecule has 3 aromatic rings. The molecule has 1 aromatic carbocycles. The highest BCUT2D eigenvalue weighted by Gasteiger charge is 2.31. The van der Waals surface area contributed by atoms with Gasteiger partial charge in [0.2, 0.25) is 5.91 Å². The number of rotatable bonds is 4. The molecule has 1 unspecified atom stereocenters. The molecule has 2 aromatic heterocycles. The number of aromatic nitrogens is 3. The number of nitrogens with zero attached hydrogens (tertiary/aromatic N) is 4. The SMILES string of the molecule is Cc1ccc(-c2nc(C)sc2CC(=O)N2CCNCC2c2nccn2C)cc1.Cl.Cl. The highest BCUT2D eigenvalue weighted by atomic mass is 35.5. The molecule has 1 atom stereocenters. The van der Waals surface area contributed by atoms with Crippen LogP contribution in [0, 0.1) is 13.8 Å². The zero-order chi connectivity index (χ0) is 19.7. The van der Waals surface area contributed by atoms with Gasteiger partial charge < -0.3 is 14.8 Å². The van der Waals surface area contributed by atoms with Crippen molar-refractivity contribution < 1.29 is 4.79 Å². The molecule has 0 radical (unpaired) electrons. The van der Waals surface area contributed by atoms with Gasteiger partial charge in [-0.05, 0) is 13.8 Å². The number of nitrogens with one attached hydrogen (secondary N) is 1. The Morgan fingerprint density at radius 1 is 1.23 bits per heavy atom. The fourth-order valence-electron chi connectivity index (χ4n) is 3.70. The van der Waals surface area contributed by atoms with Crippen LogP contribution >= 0.6 is 36.2 Å². The van der Waals surface area contributed by atoms with Gasteiger partial charge in [0.25, 0.3) is 0 Å². The zero-order valence-electron chi connectivity index (χ0n) is 17.3. The van der Waals surface area contributed by atoms with Crippen LogP contribution in [-0.4, -0.2) is 45.0 Å².